The normalized spacial score (nSPS) is 28.6. The average molecular weight is 349 g/mol. The molecule has 3 unspecified atom stereocenters. The number of hydrogen-bond donors (Lipinski definition) is 2. The van der Waals surface area contributed by atoms with Gasteiger partial charge < -0.3 is 15.0 Å². The van der Waals surface area contributed by atoms with Crippen molar-refractivity contribution >= 4 is 32.8 Å². The molecule has 1 saturated heterocycles. The summed E-state index contributed by atoms with van der Waals surface area (Å²) in [5, 5.41) is 10.7. The van der Waals surface area contributed by atoms with Crippen LogP contribution in [0.5, 0.6) is 0 Å². The number of carboxylic acid groups (broad SMARTS) is 1. The Hall–Kier alpha value is -1.33. The fourth-order valence-electron chi connectivity index (χ4n) is 4.16. The van der Waals surface area contributed by atoms with Crippen molar-refractivity contribution in [2.75, 3.05) is 13.6 Å². The van der Waals surface area contributed by atoms with Crippen LogP contribution < -0.4 is 0 Å². The Morgan fingerprint density at radius 3 is 3.05 bits per heavy atom. The number of halogens is 1. The number of H-pyrrole nitrogens is 1. The highest BCUT2D eigenvalue weighted by Crippen LogP contribution is 2.46. The smallest absolute Gasteiger partial charge is 0.307 e. The number of likely N-dealkylation sites (tertiary alicyclic amines) is 1. The zero-order chi connectivity index (χ0) is 14.7. The number of likely N-dealkylation sites (N-methyl/N-ethyl adjacent to an activating group) is 1. The van der Waals surface area contributed by atoms with Gasteiger partial charge in [-0.3, -0.25) is 4.79 Å². The Labute approximate surface area is 131 Å². The summed E-state index contributed by atoms with van der Waals surface area (Å²) in [7, 11) is 2.05. The number of benzene rings is 1. The van der Waals surface area contributed by atoms with Gasteiger partial charge in [0.2, 0.25) is 0 Å². The summed E-state index contributed by atoms with van der Waals surface area (Å²) < 4.78 is 1.07. The molecular weight excluding hydrogens is 332 g/mol. The third-order valence-electron chi connectivity index (χ3n) is 5.15. The standard InChI is InChI=1S/C16H17BrN2O2/c1-19-7-8(16(20)21)5-10-9-3-2-4-12-14(9)11(6-13(10)19)15(17)18-12/h2-4,8,10,13,18H,5-7H2,1H3,(H,20,21). The van der Waals surface area contributed by atoms with Gasteiger partial charge in [0.15, 0.2) is 0 Å². The molecule has 1 fully saturated rings. The molecule has 1 aliphatic heterocycles. The lowest BCUT2D eigenvalue weighted by Gasteiger charge is -2.44. The number of aromatic nitrogens is 1. The summed E-state index contributed by atoms with van der Waals surface area (Å²) in [5.74, 6) is -0.632. The Balaban J connectivity index is 1.88. The van der Waals surface area contributed by atoms with Crippen molar-refractivity contribution in [1.29, 1.82) is 0 Å². The van der Waals surface area contributed by atoms with E-state index in [0.717, 1.165) is 23.0 Å². The maximum absolute atomic E-state index is 11.4. The molecule has 2 N–H and O–H groups in total. The van der Waals surface area contributed by atoms with Crippen molar-refractivity contribution in [1.82, 2.24) is 9.88 Å². The van der Waals surface area contributed by atoms with Gasteiger partial charge in [0, 0.05) is 29.4 Å². The van der Waals surface area contributed by atoms with Gasteiger partial charge in [-0.15, -0.1) is 0 Å². The van der Waals surface area contributed by atoms with Gasteiger partial charge in [-0.25, -0.2) is 0 Å². The number of rotatable bonds is 1. The maximum atomic E-state index is 11.4. The van der Waals surface area contributed by atoms with Gasteiger partial charge in [-0.1, -0.05) is 12.1 Å². The van der Waals surface area contributed by atoms with Crippen LogP contribution in [0.4, 0.5) is 0 Å². The van der Waals surface area contributed by atoms with E-state index in [2.05, 4.69) is 51.1 Å². The monoisotopic (exact) mass is 348 g/mol. The van der Waals surface area contributed by atoms with Crippen LogP contribution in [0.25, 0.3) is 10.9 Å². The fraction of sp³-hybridized carbons (Fsp3) is 0.438. The minimum absolute atomic E-state index is 0.268. The minimum atomic E-state index is -0.673. The average Bonchev–Trinajstić information content (AvgIpc) is 2.77. The molecule has 0 radical (unpaired) electrons. The molecule has 21 heavy (non-hydrogen) atoms. The number of aliphatic carboxylic acids is 1. The van der Waals surface area contributed by atoms with Crippen LogP contribution in [-0.4, -0.2) is 40.6 Å². The quantitative estimate of drug-likeness (QED) is 0.832. The summed E-state index contributed by atoms with van der Waals surface area (Å²) in [4.78, 5) is 17.1. The Morgan fingerprint density at radius 1 is 1.48 bits per heavy atom. The first kappa shape index (κ1) is 13.3. The van der Waals surface area contributed by atoms with E-state index in [4.69, 9.17) is 0 Å². The molecule has 0 spiro atoms. The Kier molecular flexibility index (Phi) is 2.91. The first-order valence-corrected chi connectivity index (χ1v) is 8.07. The van der Waals surface area contributed by atoms with Gasteiger partial charge >= 0.3 is 5.97 Å². The van der Waals surface area contributed by atoms with Gasteiger partial charge in [0.25, 0.3) is 0 Å². The molecule has 3 atom stereocenters. The number of carboxylic acids is 1. The highest BCUT2D eigenvalue weighted by molar-refractivity contribution is 9.10. The predicted molar refractivity (Wildman–Crippen MR) is 84.6 cm³/mol. The molecule has 2 aliphatic rings. The van der Waals surface area contributed by atoms with Crippen LogP contribution in [0.1, 0.15) is 23.5 Å². The van der Waals surface area contributed by atoms with Crippen molar-refractivity contribution in [3.8, 4) is 0 Å². The van der Waals surface area contributed by atoms with E-state index < -0.39 is 5.97 Å². The van der Waals surface area contributed by atoms with Crippen LogP contribution in [0.3, 0.4) is 0 Å². The molecular formula is C16H17BrN2O2. The van der Waals surface area contributed by atoms with E-state index in [1.54, 1.807) is 0 Å². The van der Waals surface area contributed by atoms with E-state index in [9.17, 15) is 9.90 Å². The van der Waals surface area contributed by atoms with Crippen molar-refractivity contribution in [2.24, 2.45) is 5.92 Å². The summed E-state index contributed by atoms with van der Waals surface area (Å²) in [6, 6.07) is 6.72. The lowest BCUT2D eigenvalue weighted by atomic mass is 9.72. The fourth-order valence-corrected chi connectivity index (χ4v) is 4.74. The van der Waals surface area contributed by atoms with Gasteiger partial charge in [0.1, 0.15) is 0 Å². The highest BCUT2D eigenvalue weighted by atomic mass is 79.9. The molecule has 0 bridgehead atoms. The van der Waals surface area contributed by atoms with Crippen LogP contribution in [0.2, 0.25) is 0 Å². The van der Waals surface area contributed by atoms with Gasteiger partial charge in [0.05, 0.1) is 10.5 Å². The number of carbonyl (C=O) groups is 1. The van der Waals surface area contributed by atoms with E-state index in [1.165, 1.54) is 16.5 Å². The second-order valence-electron chi connectivity index (χ2n) is 6.28. The molecule has 1 aromatic heterocycles. The van der Waals surface area contributed by atoms with Crippen molar-refractivity contribution < 1.29 is 9.90 Å². The highest BCUT2D eigenvalue weighted by Gasteiger charge is 2.41. The second kappa shape index (κ2) is 4.58. The lowest BCUT2D eigenvalue weighted by molar-refractivity contribution is -0.144. The SMILES string of the molecule is CN1CC(C(=O)O)CC2c3cccc4[nH]c(Br)c(c34)CC21. The third kappa shape index (κ3) is 1.87. The molecule has 5 heteroatoms. The molecule has 110 valence electrons. The second-order valence-corrected chi connectivity index (χ2v) is 7.07. The molecule has 1 aromatic carbocycles. The number of hydrogen-bond acceptors (Lipinski definition) is 2. The van der Waals surface area contributed by atoms with Crippen molar-refractivity contribution in [2.45, 2.75) is 24.8 Å². The zero-order valence-corrected chi connectivity index (χ0v) is 13.4. The van der Waals surface area contributed by atoms with E-state index in [0.29, 0.717) is 18.5 Å². The predicted octanol–water partition coefficient (Wildman–Crippen LogP) is 2.98. The number of nitrogens with one attached hydrogen (secondary N) is 1. The van der Waals surface area contributed by atoms with Crippen LogP contribution in [-0.2, 0) is 11.2 Å². The summed E-state index contributed by atoms with van der Waals surface area (Å²) in [5.41, 5.74) is 3.79. The largest absolute Gasteiger partial charge is 0.481 e. The van der Waals surface area contributed by atoms with Crippen molar-refractivity contribution in [3.05, 3.63) is 33.9 Å². The minimum Gasteiger partial charge on any atom is -0.481 e. The number of nitrogens with zero attached hydrogens (tertiary/aromatic N) is 1. The van der Waals surface area contributed by atoms with Gasteiger partial charge in [-0.2, -0.15) is 0 Å². The van der Waals surface area contributed by atoms with Crippen molar-refractivity contribution in [3.63, 3.8) is 0 Å². The van der Waals surface area contributed by atoms with Gasteiger partial charge in [-0.05, 0) is 53.0 Å². The molecule has 0 amide bonds. The summed E-state index contributed by atoms with van der Waals surface area (Å²) >= 11 is 3.64. The third-order valence-corrected chi connectivity index (χ3v) is 5.82. The molecule has 2 heterocycles. The Bertz CT molecular complexity index is 739. The molecule has 2 aromatic rings. The number of piperidine rings is 1. The first-order valence-electron chi connectivity index (χ1n) is 7.28. The van der Waals surface area contributed by atoms with Crippen LogP contribution >= 0.6 is 15.9 Å². The molecule has 0 saturated carbocycles. The lowest BCUT2D eigenvalue weighted by Crippen LogP contribution is -2.49. The maximum Gasteiger partial charge on any atom is 0.307 e. The summed E-state index contributed by atoms with van der Waals surface area (Å²) in [6.45, 7) is 0.643. The van der Waals surface area contributed by atoms with E-state index in [-0.39, 0.29) is 5.92 Å². The number of fused-ring (bicyclic) bond motifs is 2. The van der Waals surface area contributed by atoms with Crippen LogP contribution in [0.15, 0.2) is 22.8 Å². The number of aromatic amines is 1. The van der Waals surface area contributed by atoms with Crippen LogP contribution in [0, 0.1) is 5.92 Å². The Morgan fingerprint density at radius 2 is 2.29 bits per heavy atom. The first-order chi connectivity index (χ1) is 10.1. The summed E-state index contributed by atoms with van der Waals surface area (Å²) in [6.07, 6.45) is 1.72. The molecule has 4 nitrogen and oxygen atoms in total. The zero-order valence-electron chi connectivity index (χ0n) is 11.8. The topological polar surface area (TPSA) is 56.3 Å². The van der Waals surface area contributed by atoms with E-state index >= 15 is 0 Å². The van der Waals surface area contributed by atoms with E-state index in [1.807, 2.05) is 0 Å². The molecule has 4 rings (SSSR count). The molecule has 1 aliphatic carbocycles.